The Labute approximate surface area is 146 Å². The Hall–Kier alpha value is -2.03. The number of rotatable bonds is 7. The monoisotopic (exact) mass is 330 g/mol. The van der Waals surface area contributed by atoms with Crippen LogP contribution in [0.3, 0.4) is 0 Å². The van der Waals surface area contributed by atoms with E-state index >= 15 is 0 Å². The molecule has 0 radical (unpaired) electrons. The van der Waals surface area contributed by atoms with E-state index < -0.39 is 0 Å². The largest absolute Gasteiger partial charge is 0.497 e. The Morgan fingerprint density at radius 3 is 2.58 bits per heavy atom. The molecule has 0 aromatic heterocycles. The minimum absolute atomic E-state index is 0.245. The fourth-order valence-electron chi connectivity index (χ4n) is 2.92. The van der Waals surface area contributed by atoms with E-state index in [0.29, 0.717) is 12.4 Å². The first-order valence-corrected chi connectivity index (χ1v) is 8.54. The van der Waals surface area contributed by atoms with Crippen molar-refractivity contribution in [2.24, 2.45) is 5.41 Å². The molecule has 0 aliphatic heterocycles. The van der Waals surface area contributed by atoms with Gasteiger partial charge in [-0.25, -0.2) is 4.79 Å². The zero-order chi connectivity index (χ0) is 18.0. The van der Waals surface area contributed by atoms with E-state index in [9.17, 15) is 4.79 Å². The third-order valence-electron chi connectivity index (χ3n) is 4.19. The average molecular weight is 330 g/mol. The summed E-state index contributed by atoms with van der Waals surface area (Å²) in [6, 6.07) is 0. The van der Waals surface area contributed by atoms with Crippen molar-refractivity contribution in [3.8, 4) is 0 Å². The van der Waals surface area contributed by atoms with E-state index in [1.165, 1.54) is 36.5 Å². The van der Waals surface area contributed by atoms with Crippen LogP contribution < -0.4 is 0 Å². The molecule has 0 saturated heterocycles. The third-order valence-corrected chi connectivity index (χ3v) is 4.19. The molecule has 0 spiro atoms. The Kier molecular flexibility index (Phi) is 8.31. The van der Waals surface area contributed by atoms with Gasteiger partial charge in [0.15, 0.2) is 0 Å². The zero-order valence-corrected chi connectivity index (χ0v) is 15.6. The Morgan fingerprint density at radius 1 is 1.21 bits per heavy atom. The van der Waals surface area contributed by atoms with Gasteiger partial charge in [0.05, 0.1) is 13.7 Å². The molecule has 0 N–H and O–H groups in total. The molecule has 0 amide bonds. The number of esters is 1. The Balaban J connectivity index is 2.71. The smallest absolute Gasteiger partial charge is 0.330 e. The molecule has 0 aromatic rings. The standard InChI is InChI=1S/C21H30O3/c1-6-24-20(22)15-9-13-18(23-5)12-7-8-14-19-17(2)11-10-16-21(19,3)4/h7-9,12-15H,6,10-11,16H2,1-5H3/b12-7+,14-8+,15-9+,18-13+. The van der Waals surface area contributed by atoms with Crippen LogP contribution in [-0.4, -0.2) is 19.7 Å². The van der Waals surface area contributed by atoms with Crippen molar-refractivity contribution in [1.29, 1.82) is 0 Å². The van der Waals surface area contributed by atoms with Gasteiger partial charge in [-0.1, -0.05) is 43.7 Å². The van der Waals surface area contributed by atoms with Crippen LogP contribution in [0.4, 0.5) is 0 Å². The number of allylic oxidation sites excluding steroid dienone is 8. The van der Waals surface area contributed by atoms with Crippen LogP contribution in [0.2, 0.25) is 0 Å². The molecule has 0 bridgehead atoms. The molecule has 1 rings (SSSR count). The first-order valence-electron chi connectivity index (χ1n) is 8.54. The molecule has 0 atom stereocenters. The van der Waals surface area contributed by atoms with Gasteiger partial charge < -0.3 is 9.47 Å². The van der Waals surface area contributed by atoms with Crippen molar-refractivity contribution in [3.63, 3.8) is 0 Å². The van der Waals surface area contributed by atoms with Crippen molar-refractivity contribution < 1.29 is 14.3 Å². The minimum Gasteiger partial charge on any atom is -0.497 e. The van der Waals surface area contributed by atoms with Crippen LogP contribution in [0.1, 0.15) is 47.0 Å². The normalized spacial score (nSPS) is 18.8. The number of ether oxygens (including phenoxy) is 2. The van der Waals surface area contributed by atoms with Gasteiger partial charge in [-0.15, -0.1) is 0 Å². The van der Waals surface area contributed by atoms with Gasteiger partial charge in [0.25, 0.3) is 0 Å². The summed E-state index contributed by atoms with van der Waals surface area (Å²) in [6.45, 7) is 8.99. The molecule has 24 heavy (non-hydrogen) atoms. The maximum absolute atomic E-state index is 11.2. The van der Waals surface area contributed by atoms with Crippen LogP contribution >= 0.6 is 0 Å². The molecule has 1 aliphatic rings. The average Bonchev–Trinajstić information content (AvgIpc) is 2.51. The van der Waals surface area contributed by atoms with Gasteiger partial charge in [0.2, 0.25) is 0 Å². The molecule has 0 heterocycles. The Morgan fingerprint density at radius 2 is 1.96 bits per heavy atom. The first kappa shape index (κ1) is 20.0. The summed E-state index contributed by atoms with van der Waals surface area (Å²) in [5.74, 6) is 0.323. The van der Waals surface area contributed by atoms with Gasteiger partial charge in [-0.3, -0.25) is 0 Å². The maximum Gasteiger partial charge on any atom is 0.330 e. The molecule has 1 aliphatic carbocycles. The first-order chi connectivity index (χ1) is 11.4. The van der Waals surface area contributed by atoms with E-state index in [0.717, 1.165) is 0 Å². The predicted octanol–water partition coefficient (Wildman–Crippen LogP) is 5.28. The zero-order valence-electron chi connectivity index (χ0n) is 15.6. The van der Waals surface area contributed by atoms with E-state index in [2.05, 4.69) is 26.8 Å². The lowest BCUT2D eigenvalue weighted by molar-refractivity contribution is -0.137. The van der Waals surface area contributed by atoms with Crippen molar-refractivity contribution in [3.05, 3.63) is 59.4 Å². The summed E-state index contributed by atoms with van der Waals surface area (Å²) in [5, 5.41) is 0. The summed E-state index contributed by atoms with van der Waals surface area (Å²) >= 11 is 0. The fourth-order valence-corrected chi connectivity index (χ4v) is 2.92. The highest BCUT2D eigenvalue weighted by molar-refractivity contribution is 5.82. The molecule has 0 fully saturated rings. The highest BCUT2D eigenvalue weighted by atomic mass is 16.5. The van der Waals surface area contributed by atoms with Crippen LogP contribution in [0.25, 0.3) is 0 Å². The van der Waals surface area contributed by atoms with Crippen LogP contribution in [0, 0.1) is 5.41 Å². The summed E-state index contributed by atoms with van der Waals surface area (Å²) < 4.78 is 10.1. The molecule has 3 heteroatoms. The minimum atomic E-state index is -0.352. The SMILES string of the molecule is CCOC(=O)/C=C/C=C(\C=C\C=C\C1=C(C)CCCC1(C)C)OC. The summed E-state index contributed by atoms with van der Waals surface area (Å²) in [7, 11) is 1.61. The number of carbonyl (C=O) groups is 1. The van der Waals surface area contributed by atoms with Gasteiger partial charge in [-0.2, -0.15) is 0 Å². The van der Waals surface area contributed by atoms with Crippen molar-refractivity contribution in [2.45, 2.75) is 47.0 Å². The van der Waals surface area contributed by atoms with Crippen LogP contribution in [0.15, 0.2) is 59.4 Å². The fraction of sp³-hybridized carbons (Fsp3) is 0.476. The second kappa shape index (κ2) is 9.96. The molecule has 132 valence electrons. The number of hydrogen-bond acceptors (Lipinski definition) is 3. The predicted molar refractivity (Wildman–Crippen MR) is 99.5 cm³/mol. The second-order valence-electron chi connectivity index (χ2n) is 6.53. The van der Waals surface area contributed by atoms with Gasteiger partial charge in [0, 0.05) is 6.08 Å². The molecule has 0 unspecified atom stereocenters. The quantitative estimate of drug-likeness (QED) is 0.276. The van der Waals surface area contributed by atoms with Crippen molar-refractivity contribution >= 4 is 5.97 Å². The van der Waals surface area contributed by atoms with E-state index in [1.54, 1.807) is 26.2 Å². The molecule has 3 nitrogen and oxygen atoms in total. The van der Waals surface area contributed by atoms with Crippen LogP contribution in [0.5, 0.6) is 0 Å². The molecular formula is C21H30O3. The topological polar surface area (TPSA) is 35.5 Å². The Bertz CT molecular complexity index is 572. The maximum atomic E-state index is 11.2. The molecular weight excluding hydrogens is 300 g/mol. The lowest BCUT2D eigenvalue weighted by Gasteiger charge is -2.32. The van der Waals surface area contributed by atoms with Gasteiger partial charge in [0.1, 0.15) is 5.76 Å². The van der Waals surface area contributed by atoms with Crippen LogP contribution in [-0.2, 0) is 14.3 Å². The van der Waals surface area contributed by atoms with E-state index in [4.69, 9.17) is 9.47 Å². The van der Waals surface area contributed by atoms with E-state index in [1.807, 2.05) is 18.2 Å². The van der Waals surface area contributed by atoms with Crippen molar-refractivity contribution in [1.82, 2.24) is 0 Å². The highest BCUT2D eigenvalue weighted by Crippen LogP contribution is 2.40. The lowest BCUT2D eigenvalue weighted by Crippen LogP contribution is -2.18. The lowest BCUT2D eigenvalue weighted by atomic mass is 9.73. The molecule has 0 aromatic carbocycles. The number of hydrogen-bond donors (Lipinski definition) is 0. The summed E-state index contributed by atoms with van der Waals surface area (Å²) in [4.78, 5) is 11.2. The van der Waals surface area contributed by atoms with Crippen molar-refractivity contribution in [2.75, 3.05) is 13.7 Å². The second-order valence-corrected chi connectivity index (χ2v) is 6.53. The highest BCUT2D eigenvalue weighted by Gasteiger charge is 2.26. The van der Waals surface area contributed by atoms with Gasteiger partial charge >= 0.3 is 5.97 Å². The summed E-state index contributed by atoms with van der Waals surface area (Å²) in [6.07, 6.45) is 16.5. The third kappa shape index (κ3) is 6.61. The molecule has 0 saturated carbocycles. The number of carbonyl (C=O) groups excluding carboxylic acids is 1. The van der Waals surface area contributed by atoms with Gasteiger partial charge in [-0.05, 0) is 56.3 Å². The summed E-state index contributed by atoms with van der Waals surface area (Å²) in [5.41, 5.74) is 3.16. The van der Waals surface area contributed by atoms with E-state index in [-0.39, 0.29) is 11.4 Å². The number of methoxy groups -OCH3 is 1.